The summed E-state index contributed by atoms with van der Waals surface area (Å²) in [7, 11) is 0. The monoisotopic (exact) mass is 282 g/mol. The number of nitrogens with zero attached hydrogens (tertiary/aromatic N) is 1. The van der Waals surface area contributed by atoms with Crippen LogP contribution in [0.3, 0.4) is 0 Å². The molecule has 2 rings (SSSR count). The Kier molecular flexibility index (Phi) is 5.88. The third-order valence-electron chi connectivity index (χ3n) is 5.70. The van der Waals surface area contributed by atoms with Crippen LogP contribution in [0.1, 0.15) is 59.3 Å². The third-order valence-corrected chi connectivity index (χ3v) is 5.70. The predicted molar refractivity (Wildman–Crippen MR) is 84.8 cm³/mol. The number of piperidine rings is 1. The number of hydrogen-bond acceptors (Lipinski definition) is 3. The van der Waals surface area contributed by atoms with E-state index in [1.165, 1.54) is 51.6 Å². The number of rotatable bonds is 5. The number of nitrogens with two attached hydrogens (primary N) is 1. The quantitative estimate of drug-likeness (QED) is 0.842. The van der Waals surface area contributed by atoms with E-state index in [0.717, 1.165) is 25.0 Å². The predicted octanol–water partition coefficient (Wildman–Crippen LogP) is 3.03. The molecular formula is C17H34N2O. The molecule has 0 radical (unpaired) electrons. The first-order valence-corrected chi connectivity index (χ1v) is 8.68. The van der Waals surface area contributed by atoms with Gasteiger partial charge in [0.1, 0.15) is 0 Å². The van der Waals surface area contributed by atoms with Crippen molar-refractivity contribution in [1.82, 2.24) is 4.90 Å². The Hall–Kier alpha value is -0.120. The fourth-order valence-electron chi connectivity index (χ4n) is 4.29. The molecule has 2 aliphatic rings. The van der Waals surface area contributed by atoms with Crippen molar-refractivity contribution < 1.29 is 4.74 Å². The van der Waals surface area contributed by atoms with Crippen molar-refractivity contribution >= 4 is 0 Å². The molecule has 1 aliphatic carbocycles. The van der Waals surface area contributed by atoms with Crippen LogP contribution in [0, 0.1) is 11.8 Å². The topological polar surface area (TPSA) is 38.5 Å². The summed E-state index contributed by atoms with van der Waals surface area (Å²) in [6.45, 7) is 10.9. The molecule has 1 saturated carbocycles. The minimum absolute atomic E-state index is 0.282. The molecule has 0 aromatic rings. The van der Waals surface area contributed by atoms with E-state index in [-0.39, 0.29) is 5.54 Å². The first-order valence-electron chi connectivity index (χ1n) is 8.68. The SMILES string of the molecule is CCOC1CCN(C2(CN)CCCC(C(C)C)C2)CC1. The van der Waals surface area contributed by atoms with E-state index in [1.807, 2.05) is 0 Å². The van der Waals surface area contributed by atoms with E-state index in [4.69, 9.17) is 10.5 Å². The molecule has 3 heteroatoms. The molecule has 2 unspecified atom stereocenters. The molecule has 0 aromatic heterocycles. The Morgan fingerprint density at radius 1 is 1.25 bits per heavy atom. The van der Waals surface area contributed by atoms with Gasteiger partial charge in [-0.3, -0.25) is 4.90 Å². The molecule has 3 nitrogen and oxygen atoms in total. The molecule has 1 heterocycles. The fourth-order valence-corrected chi connectivity index (χ4v) is 4.29. The second-order valence-electron chi connectivity index (χ2n) is 7.17. The van der Waals surface area contributed by atoms with Crippen LogP contribution in [0.15, 0.2) is 0 Å². The van der Waals surface area contributed by atoms with Crippen molar-refractivity contribution in [1.29, 1.82) is 0 Å². The standard InChI is InChI=1S/C17H34N2O/c1-4-20-16-7-10-19(11-8-16)17(13-18)9-5-6-15(12-17)14(2)3/h14-16H,4-13,18H2,1-3H3. The molecule has 118 valence electrons. The van der Waals surface area contributed by atoms with E-state index in [9.17, 15) is 0 Å². The van der Waals surface area contributed by atoms with Crippen LogP contribution >= 0.6 is 0 Å². The van der Waals surface area contributed by atoms with E-state index in [0.29, 0.717) is 6.10 Å². The third kappa shape index (κ3) is 3.55. The summed E-state index contributed by atoms with van der Waals surface area (Å²) in [6, 6.07) is 0. The summed E-state index contributed by atoms with van der Waals surface area (Å²) in [6.07, 6.45) is 8.20. The Morgan fingerprint density at radius 3 is 2.50 bits per heavy atom. The lowest BCUT2D eigenvalue weighted by molar-refractivity contribution is -0.0389. The number of likely N-dealkylation sites (tertiary alicyclic amines) is 1. The van der Waals surface area contributed by atoms with Gasteiger partial charge in [-0.25, -0.2) is 0 Å². The zero-order chi connectivity index (χ0) is 14.6. The zero-order valence-corrected chi connectivity index (χ0v) is 13.7. The fraction of sp³-hybridized carbons (Fsp3) is 1.00. The summed E-state index contributed by atoms with van der Waals surface area (Å²) in [5.74, 6) is 1.65. The van der Waals surface area contributed by atoms with Gasteiger partial charge >= 0.3 is 0 Å². The highest BCUT2D eigenvalue weighted by Crippen LogP contribution is 2.40. The second-order valence-corrected chi connectivity index (χ2v) is 7.17. The van der Waals surface area contributed by atoms with Gasteiger partial charge in [0.15, 0.2) is 0 Å². The van der Waals surface area contributed by atoms with E-state index < -0.39 is 0 Å². The molecule has 2 N–H and O–H groups in total. The van der Waals surface area contributed by atoms with Gasteiger partial charge in [0.25, 0.3) is 0 Å². The zero-order valence-electron chi connectivity index (χ0n) is 13.7. The van der Waals surface area contributed by atoms with Crippen LogP contribution in [0.2, 0.25) is 0 Å². The van der Waals surface area contributed by atoms with Crippen LogP contribution in [-0.4, -0.2) is 42.8 Å². The van der Waals surface area contributed by atoms with E-state index >= 15 is 0 Å². The van der Waals surface area contributed by atoms with Gasteiger partial charge in [0.2, 0.25) is 0 Å². The molecule has 0 aromatic carbocycles. The number of ether oxygens (including phenoxy) is 1. The Bertz CT molecular complexity index is 287. The molecule has 2 fully saturated rings. The highest BCUT2D eigenvalue weighted by molar-refractivity contribution is 4.98. The maximum absolute atomic E-state index is 6.25. The van der Waals surface area contributed by atoms with Crippen LogP contribution in [0.25, 0.3) is 0 Å². The van der Waals surface area contributed by atoms with Gasteiger partial charge in [0, 0.05) is 31.8 Å². The average molecular weight is 282 g/mol. The lowest BCUT2D eigenvalue weighted by atomic mass is 9.70. The maximum Gasteiger partial charge on any atom is 0.0599 e. The lowest BCUT2D eigenvalue weighted by Gasteiger charge is -2.51. The molecule has 0 amide bonds. The highest BCUT2D eigenvalue weighted by atomic mass is 16.5. The van der Waals surface area contributed by atoms with E-state index in [1.54, 1.807) is 0 Å². The Balaban J connectivity index is 1.97. The molecule has 2 atom stereocenters. The van der Waals surface area contributed by atoms with E-state index in [2.05, 4.69) is 25.7 Å². The minimum Gasteiger partial charge on any atom is -0.378 e. The second kappa shape index (κ2) is 7.24. The first-order chi connectivity index (χ1) is 9.61. The van der Waals surface area contributed by atoms with Gasteiger partial charge in [-0.15, -0.1) is 0 Å². The number of hydrogen-bond donors (Lipinski definition) is 1. The summed E-state index contributed by atoms with van der Waals surface area (Å²) >= 11 is 0. The van der Waals surface area contributed by atoms with Crippen LogP contribution < -0.4 is 5.73 Å². The van der Waals surface area contributed by atoms with Crippen molar-refractivity contribution in [2.45, 2.75) is 70.9 Å². The lowest BCUT2D eigenvalue weighted by Crippen LogP contribution is -2.59. The molecule has 0 spiro atoms. The first kappa shape index (κ1) is 16.3. The van der Waals surface area contributed by atoms with Gasteiger partial charge in [0.05, 0.1) is 6.10 Å². The van der Waals surface area contributed by atoms with Crippen LogP contribution in [-0.2, 0) is 4.74 Å². The minimum atomic E-state index is 0.282. The van der Waals surface area contributed by atoms with Crippen molar-refractivity contribution in [2.24, 2.45) is 17.6 Å². The highest BCUT2D eigenvalue weighted by Gasteiger charge is 2.42. The largest absolute Gasteiger partial charge is 0.378 e. The average Bonchev–Trinajstić information content (AvgIpc) is 2.48. The molecule has 0 bridgehead atoms. The summed E-state index contributed by atoms with van der Waals surface area (Å²) in [5.41, 5.74) is 6.53. The molecule has 20 heavy (non-hydrogen) atoms. The Labute approximate surface area is 125 Å². The van der Waals surface area contributed by atoms with Gasteiger partial charge in [-0.2, -0.15) is 0 Å². The molecular weight excluding hydrogens is 248 g/mol. The summed E-state index contributed by atoms with van der Waals surface area (Å²) in [4.78, 5) is 2.71. The van der Waals surface area contributed by atoms with Crippen molar-refractivity contribution in [2.75, 3.05) is 26.2 Å². The van der Waals surface area contributed by atoms with Gasteiger partial charge in [-0.1, -0.05) is 26.7 Å². The normalized spacial score (nSPS) is 33.8. The van der Waals surface area contributed by atoms with Crippen molar-refractivity contribution in [3.8, 4) is 0 Å². The maximum atomic E-state index is 6.25. The Morgan fingerprint density at radius 2 is 1.95 bits per heavy atom. The molecule has 1 saturated heterocycles. The van der Waals surface area contributed by atoms with Gasteiger partial charge < -0.3 is 10.5 Å². The van der Waals surface area contributed by atoms with Crippen LogP contribution in [0.5, 0.6) is 0 Å². The van der Waals surface area contributed by atoms with Gasteiger partial charge in [-0.05, 0) is 44.4 Å². The summed E-state index contributed by atoms with van der Waals surface area (Å²) in [5, 5.41) is 0. The smallest absolute Gasteiger partial charge is 0.0599 e. The summed E-state index contributed by atoms with van der Waals surface area (Å²) < 4.78 is 5.79. The van der Waals surface area contributed by atoms with Crippen molar-refractivity contribution in [3.63, 3.8) is 0 Å². The van der Waals surface area contributed by atoms with Crippen molar-refractivity contribution in [3.05, 3.63) is 0 Å². The van der Waals surface area contributed by atoms with Crippen LogP contribution in [0.4, 0.5) is 0 Å². The molecule has 1 aliphatic heterocycles.